The molecule has 5 rings (SSSR count). The molecule has 0 bridgehead atoms. The van der Waals surface area contributed by atoms with Crippen molar-refractivity contribution < 1.29 is 18.6 Å². The second-order valence-corrected chi connectivity index (χ2v) is 14.8. The average molecular weight is 634 g/mol. The highest BCUT2D eigenvalue weighted by Gasteiger charge is 2.46. The van der Waals surface area contributed by atoms with Crippen molar-refractivity contribution in [2.75, 3.05) is 4.90 Å². The predicted octanol–water partition coefficient (Wildman–Crippen LogP) is 7.53. The standard InChI is InChI=1S/C30H37F2N5O2S3/c1-4-29(3)11-5-6-17(2)12-23(27(29)32)37(19-8-9-19)25-16-34-28(36-35-25)20-10-7-18(13-24(20)38)21-14-26(33-15-22(21)31)39-30(40,41)42/h7,10,13-17,19,23,27,38,40-42H,4-6,8-9,11-12H2,1-3H3/t17?,23-,27-,29+/m0/s1. The average Bonchev–Trinajstić information content (AvgIpc) is 3.77. The number of alkyl halides is 1. The van der Waals surface area contributed by atoms with E-state index in [-0.39, 0.29) is 40.5 Å². The molecule has 1 N–H and O–H groups in total. The van der Waals surface area contributed by atoms with E-state index >= 15 is 4.39 Å². The molecular formula is C30H37F2N5O2S3. The molecule has 0 saturated heterocycles. The summed E-state index contributed by atoms with van der Waals surface area (Å²) in [5.41, 5.74) is 0.495. The van der Waals surface area contributed by atoms with Crippen LogP contribution in [-0.2, 0) is 0 Å². The third-order valence-corrected chi connectivity index (χ3v) is 8.91. The number of nitrogens with zero attached hydrogens (tertiary/aromatic N) is 5. The van der Waals surface area contributed by atoms with Gasteiger partial charge in [0.15, 0.2) is 11.6 Å². The number of ether oxygens (including phenoxy) is 1. The van der Waals surface area contributed by atoms with Crippen LogP contribution < -0.4 is 9.64 Å². The Labute approximate surface area is 262 Å². The van der Waals surface area contributed by atoms with E-state index < -0.39 is 15.6 Å². The molecule has 1 unspecified atom stereocenters. The lowest BCUT2D eigenvalue weighted by molar-refractivity contribution is 0.0577. The number of thiol groups is 3. The molecule has 2 aromatic heterocycles. The molecule has 2 saturated carbocycles. The molecule has 2 aliphatic carbocycles. The second kappa shape index (κ2) is 12.4. The number of halogens is 2. The van der Waals surface area contributed by atoms with E-state index in [2.05, 4.69) is 83.7 Å². The van der Waals surface area contributed by atoms with Gasteiger partial charge in [-0.3, -0.25) is 0 Å². The van der Waals surface area contributed by atoms with Gasteiger partial charge in [-0.1, -0.05) is 39.7 Å². The maximum Gasteiger partial charge on any atom is 0.242 e. The summed E-state index contributed by atoms with van der Waals surface area (Å²) in [6.07, 6.45) is 8.17. The molecular weight excluding hydrogens is 597 g/mol. The Balaban J connectivity index is 1.41. The smallest absolute Gasteiger partial charge is 0.242 e. The highest BCUT2D eigenvalue weighted by atomic mass is 32.2. The Kier molecular flexibility index (Phi) is 9.16. The second-order valence-electron chi connectivity index (χ2n) is 11.9. The van der Waals surface area contributed by atoms with Crippen LogP contribution in [0.5, 0.6) is 11.6 Å². The van der Waals surface area contributed by atoms with Crippen LogP contribution in [0.3, 0.4) is 0 Å². The van der Waals surface area contributed by atoms with Crippen molar-refractivity contribution in [3.8, 4) is 34.1 Å². The monoisotopic (exact) mass is 633 g/mol. The Morgan fingerprint density at radius 1 is 1.10 bits per heavy atom. The SMILES string of the molecule is CC[C@]1(C)CCCC(C)C[C@H](N(c2cnc(-c3ccc(-c4cc(OC(S)(S)S)ncc4F)cc3O)nn2)C2CC2)[C@@H]1F. The molecule has 2 fully saturated rings. The van der Waals surface area contributed by atoms with Crippen LogP contribution in [0.1, 0.15) is 65.7 Å². The highest BCUT2D eigenvalue weighted by Crippen LogP contribution is 2.45. The lowest BCUT2D eigenvalue weighted by Gasteiger charge is -2.45. The summed E-state index contributed by atoms with van der Waals surface area (Å²) < 4.78 is 35.0. The Bertz CT molecular complexity index is 1410. The van der Waals surface area contributed by atoms with Crippen LogP contribution in [0, 0.1) is 17.2 Å². The summed E-state index contributed by atoms with van der Waals surface area (Å²) in [6.45, 7) is 6.36. The molecule has 12 heteroatoms. The molecule has 4 atom stereocenters. The minimum Gasteiger partial charge on any atom is -0.507 e. The third-order valence-electron chi connectivity index (χ3n) is 8.63. The van der Waals surface area contributed by atoms with Gasteiger partial charge in [-0.15, -0.1) is 48.1 Å². The molecule has 226 valence electrons. The van der Waals surface area contributed by atoms with Crippen molar-refractivity contribution in [3.63, 3.8) is 0 Å². The van der Waals surface area contributed by atoms with E-state index in [1.165, 1.54) is 12.1 Å². The topological polar surface area (TPSA) is 84.3 Å². The van der Waals surface area contributed by atoms with Gasteiger partial charge in [0, 0.05) is 23.1 Å². The molecule has 1 aromatic carbocycles. The molecule has 0 amide bonds. The minimum atomic E-state index is -1.41. The number of phenols is 1. The van der Waals surface area contributed by atoms with Crippen molar-refractivity contribution in [2.45, 2.75) is 87.6 Å². The fourth-order valence-electron chi connectivity index (χ4n) is 5.95. The predicted molar refractivity (Wildman–Crippen MR) is 171 cm³/mol. The van der Waals surface area contributed by atoms with Crippen molar-refractivity contribution in [1.29, 1.82) is 0 Å². The van der Waals surface area contributed by atoms with Gasteiger partial charge >= 0.3 is 0 Å². The summed E-state index contributed by atoms with van der Waals surface area (Å²) in [5, 5.41) is 19.7. The largest absolute Gasteiger partial charge is 0.507 e. The summed E-state index contributed by atoms with van der Waals surface area (Å²) in [5.74, 6) is 0.486. The normalized spacial score (nSPS) is 25.0. The van der Waals surface area contributed by atoms with E-state index in [1.807, 2.05) is 0 Å². The fraction of sp³-hybridized carbons (Fsp3) is 0.533. The van der Waals surface area contributed by atoms with Crippen molar-refractivity contribution >= 4 is 43.7 Å². The number of rotatable bonds is 8. The lowest BCUT2D eigenvalue weighted by Crippen LogP contribution is -2.51. The van der Waals surface area contributed by atoms with E-state index in [0.717, 1.165) is 51.1 Å². The van der Waals surface area contributed by atoms with Gasteiger partial charge in [-0.25, -0.2) is 18.7 Å². The number of hydrogen-bond acceptors (Lipinski definition) is 10. The first-order valence-corrected chi connectivity index (χ1v) is 15.7. The first kappa shape index (κ1) is 31.1. The van der Waals surface area contributed by atoms with Crippen molar-refractivity contribution in [3.05, 3.63) is 42.5 Å². The number of phenolic OH excluding ortho intramolecular Hbond substituents is 1. The van der Waals surface area contributed by atoms with Gasteiger partial charge in [0.25, 0.3) is 0 Å². The van der Waals surface area contributed by atoms with Crippen LogP contribution in [0.2, 0.25) is 0 Å². The van der Waals surface area contributed by atoms with Gasteiger partial charge in [-0.2, -0.15) is 0 Å². The first-order chi connectivity index (χ1) is 19.9. The number of aromatic hydroxyl groups is 1. The molecule has 2 aliphatic rings. The molecule has 0 radical (unpaired) electrons. The van der Waals surface area contributed by atoms with E-state index in [0.29, 0.717) is 22.9 Å². The van der Waals surface area contributed by atoms with Gasteiger partial charge in [-0.05, 0) is 55.7 Å². The van der Waals surface area contributed by atoms with Gasteiger partial charge < -0.3 is 14.7 Å². The molecule has 0 spiro atoms. The zero-order valence-corrected chi connectivity index (χ0v) is 26.6. The van der Waals surface area contributed by atoms with Crippen LogP contribution >= 0.6 is 37.9 Å². The van der Waals surface area contributed by atoms with Gasteiger partial charge in [0.05, 0.1) is 24.0 Å². The summed E-state index contributed by atoms with van der Waals surface area (Å²) in [6, 6.07) is 5.94. The quantitative estimate of drug-likeness (QED) is 0.151. The number of aromatic nitrogens is 4. The van der Waals surface area contributed by atoms with Crippen LogP contribution in [0.4, 0.5) is 14.6 Å². The van der Waals surface area contributed by atoms with E-state index in [4.69, 9.17) is 4.74 Å². The highest BCUT2D eigenvalue weighted by molar-refractivity contribution is 8.16. The zero-order chi connectivity index (χ0) is 30.2. The van der Waals surface area contributed by atoms with Crippen molar-refractivity contribution in [2.24, 2.45) is 11.3 Å². The molecule has 42 heavy (non-hydrogen) atoms. The van der Waals surface area contributed by atoms with E-state index in [9.17, 15) is 9.50 Å². The number of anilines is 1. The zero-order valence-electron chi connectivity index (χ0n) is 23.9. The Hall–Kier alpha value is -2.31. The van der Waals surface area contributed by atoms with Crippen LogP contribution in [0.25, 0.3) is 22.5 Å². The molecule has 7 nitrogen and oxygen atoms in total. The molecule has 3 aromatic rings. The molecule has 2 heterocycles. The minimum absolute atomic E-state index is 0.0618. The number of hydrogen-bond donors (Lipinski definition) is 4. The summed E-state index contributed by atoms with van der Waals surface area (Å²) in [7, 11) is 0. The van der Waals surface area contributed by atoms with Crippen LogP contribution in [0.15, 0.2) is 36.7 Å². The van der Waals surface area contributed by atoms with Crippen molar-refractivity contribution in [1.82, 2.24) is 20.2 Å². The molecule has 0 aliphatic heterocycles. The lowest BCUT2D eigenvalue weighted by atomic mass is 9.71. The van der Waals surface area contributed by atoms with Gasteiger partial charge in [0.2, 0.25) is 9.48 Å². The maximum absolute atomic E-state index is 16.4. The Morgan fingerprint density at radius 2 is 1.86 bits per heavy atom. The van der Waals surface area contributed by atoms with E-state index in [1.54, 1.807) is 18.3 Å². The fourth-order valence-corrected chi connectivity index (χ4v) is 6.23. The number of benzene rings is 1. The summed E-state index contributed by atoms with van der Waals surface area (Å²) >= 11 is 12.2. The Morgan fingerprint density at radius 3 is 2.48 bits per heavy atom. The van der Waals surface area contributed by atoms with Crippen LogP contribution in [-0.4, -0.2) is 47.1 Å². The number of pyridine rings is 1. The maximum atomic E-state index is 16.4. The van der Waals surface area contributed by atoms with Gasteiger partial charge in [0.1, 0.15) is 17.7 Å². The first-order valence-electron chi connectivity index (χ1n) is 14.4. The summed E-state index contributed by atoms with van der Waals surface area (Å²) in [4.78, 5) is 10.5. The third kappa shape index (κ3) is 6.91.